The number of aliphatic hydroxyl groups excluding tert-OH is 1. The van der Waals surface area contributed by atoms with Gasteiger partial charge in [0.25, 0.3) is 0 Å². The highest BCUT2D eigenvalue weighted by molar-refractivity contribution is 9.10. The lowest BCUT2D eigenvalue weighted by Gasteiger charge is -2.30. The molecule has 1 aromatic rings. The highest BCUT2D eigenvalue weighted by atomic mass is 79.9. The van der Waals surface area contributed by atoms with Crippen molar-refractivity contribution in [2.75, 3.05) is 13.2 Å². The van der Waals surface area contributed by atoms with Gasteiger partial charge in [-0.25, -0.2) is 13.1 Å². The van der Waals surface area contributed by atoms with Gasteiger partial charge in [-0.1, -0.05) is 36.2 Å². The molecule has 0 bridgehead atoms. The van der Waals surface area contributed by atoms with E-state index in [0.29, 0.717) is 26.1 Å². The summed E-state index contributed by atoms with van der Waals surface area (Å²) < 4.78 is 39.9. The van der Waals surface area contributed by atoms with Crippen molar-refractivity contribution < 1.29 is 23.0 Å². The summed E-state index contributed by atoms with van der Waals surface area (Å²) in [5.41, 5.74) is 0. The highest BCUT2D eigenvalue weighted by Crippen LogP contribution is 2.21. The van der Waals surface area contributed by atoms with Gasteiger partial charge in [0.15, 0.2) is 6.29 Å². The second kappa shape index (κ2) is 10.1. The van der Waals surface area contributed by atoms with E-state index in [1.807, 2.05) is 13.8 Å². The number of hydrogen-bond donors (Lipinski definition) is 2. The fourth-order valence-electron chi connectivity index (χ4n) is 2.88. The first kappa shape index (κ1) is 21.8. The van der Waals surface area contributed by atoms with Crippen LogP contribution in [0.25, 0.3) is 0 Å². The van der Waals surface area contributed by atoms with Gasteiger partial charge < -0.3 is 14.6 Å². The van der Waals surface area contributed by atoms with Gasteiger partial charge >= 0.3 is 0 Å². The molecule has 1 aromatic carbocycles. The first-order valence-corrected chi connectivity index (χ1v) is 11.3. The lowest BCUT2D eigenvalue weighted by molar-refractivity contribution is -0.184. The Hall–Kier alpha value is -0.510. The van der Waals surface area contributed by atoms with Crippen LogP contribution >= 0.6 is 15.9 Å². The van der Waals surface area contributed by atoms with E-state index in [2.05, 4.69) is 20.7 Å². The Bertz CT molecular complexity index is 646. The van der Waals surface area contributed by atoms with Gasteiger partial charge in [-0.05, 0) is 43.0 Å². The zero-order chi connectivity index (χ0) is 19.2. The molecule has 1 fully saturated rings. The summed E-state index contributed by atoms with van der Waals surface area (Å²) in [5, 5.41) is 10.6. The fourth-order valence-corrected chi connectivity index (χ4v) is 4.52. The maximum absolute atomic E-state index is 12.7. The zero-order valence-corrected chi connectivity index (χ0v) is 17.6. The van der Waals surface area contributed by atoms with E-state index < -0.39 is 22.2 Å². The molecule has 0 radical (unpaired) electrons. The predicted octanol–water partition coefficient (Wildman–Crippen LogP) is 3.05. The molecule has 6 nitrogen and oxygen atoms in total. The molecule has 0 aliphatic carbocycles. The molecule has 0 amide bonds. The lowest BCUT2D eigenvalue weighted by Crippen LogP contribution is -2.47. The van der Waals surface area contributed by atoms with Gasteiger partial charge in [-0.3, -0.25) is 0 Å². The Morgan fingerprint density at radius 2 is 1.88 bits per heavy atom. The molecular formula is C18H28BrNO5S. The van der Waals surface area contributed by atoms with E-state index in [4.69, 9.17) is 9.47 Å². The van der Waals surface area contributed by atoms with Gasteiger partial charge in [0.05, 0.1) is 30.3 Å². The van der Waals surface area contributed by atoms with Crippen LogP contribution in [0.1, 0.15) is 39.5 Å². The summed E-state index contributed by atoms with van der Waals surface area (Å²) in [4.78, 5) is 0.181. The lowest BCUT2D eigenvalue weighted by atomic mass is 9.93. The molecule has 3 atom stereocenters. The molecule has 0 saturated carbocycles. The Morgan fingerprint density at radius 3 is 2.46 bits per heavy atom. The minimum atomic E-state index is -3.71. The monoisotopic (exact) mass is 449 g/mol. The third-order valence-electron chi connectivity index (χ3n) is 4.68. The SMILES string of the molecule is CC[C@H](C)[C@H](NS(=O)(=O)c1ccc(Br)cc1)C(O)CCC1OCCCO1. The van der Waals surface area contributed by atoms with Crippen molar-refractivity contribution in [3.8, 4) is 0 Å². The first-order chi connectivity index (χ1) is 12.3. The van der Waals surface area contributed by atoms with Crippen LogP contribution in [0.4, 0.5) is 0 Å². The first-order valence-electron chi connectivity index (χ1n) is 9.02. The second-order valence-electron chi connectivity index (χ2n) is 6.66. The van der Waals surface area contributed by atoms with Crippen molar-refractivity contribution in [3.63, 3.8) is 0 Å². The van der Waals surface area contributed by atoms with Crippen LogP contribution < -0.4 is 4.72 Å². The molecule has 1 saturated heterocycles. The summed E-state index contributed by atoms with van der Waals surface area (Å²) in [6.07, 6.45) is 1.43. The summed E-state index contributed by atoms with van der Waals surface area (Å²) in [5.74, 6) is -0.0107. The van der Waals surface area contributed by atoms with E-state index in [1.165, 1.54) is 12.1 Å². The number of benzene rings is 1. The van der Waals surface area contributed by atoms with Crippen molar-refractivity contribution in [1.82, 2.24) is 4.72 Å². The van der Waals surface area contributed by atoms with Gasteiger partial charge in [0, 0.05) is 10.9 Å². The standard InChI is InChI=1S/C18H28BrNO5S/c1-3-13(2)18(16(21)9-10-17-24-11-4-12-25-17)20-26(22,23)15-7-5-14(19)6-8-15/h5-8,13,16-18,20-21H,3-4,9-12H2,1-2H3/t13-,16?,18-/m0/s1. The molecular weight excluding hydrogens is 422 g/mol. The second-order valence-corrected chi connectivity index (χ2v) is 9.29. The number of ether oxygens (including phenoxy) is 2. The van der Waals surface area contributed by atoms with Crippen LogP contribution in [0.5, 0.6) is 0 Å². The van der Waals surface area contributed by atoms with Gasteiger partial charge in [-0.2, -0.15) is 0 Å². The quantitative estimate of drug-likeness (QED) is 0.604. The molecule has 1 aliphatic rings. The van der Waals surface area contributed by atoms with Crippen LogP contribution in [0.2, 0.25) is 0 Å². The minimum absolute atomic E-state index is 0.0107. The molecule has 1 unspecified atom stereocenters. The van der Waals surface area contributed by atoms with Crippen molar-refractivity contribution in [2.45, 2.75) is 62.9 Å². The summed E-state index contributed by atoms with van der Waals surface area (Å²) >= 11 is 3.30. The summed E-state index contributed by atoms with van der Waals surface area (Å²) in [6.45, 7) is 5.23. The molecule has 2 rings (SSSR count). The smallest absolute Gasteiger partial charge is 0.240 e. The predicted molar refractivity (Wildman–Crippen MR) is 103 cm³/mol. The zero-order valence-electron chi connectivity index (χ0n) is 15.2. The van der Waals surface area contributed by atoms with E-state index in [1.54, 1.807) is 12.1 Å². The molecule has 8 heteroatoms. The summed E-state index contributed by atoms with van der Waals surface area (Å²) in [6, 6.07) is 5.87. The Balaban J connectivity index is 2.04. The van der Waals surface area contributed by atoms with Crippen LogP contribution in [0.3, 0.4) is 0 Å². The summed E-state index contributed by atoms with van der Waals surface area (Å²) in [7, 11) is -3.71. The average molecular weight is 450 g/mol. The highest BCUT2D eigenvalue weighted by Gasteiger charge is 2.30. The number of halogens is 1. The topological polar surface area (TPSA) is 84.9 Å². The molecule has 0 aromatic heterocycles. The van der Waals surface area contributed by atoms with Crippen molar-refractivity contribution in [2.24, 2.45) is 5.92 Å². The number of rotatable bonds is 9. The minimum Gasteiger partial charge on any atom is -0.391 e. The molecule has 2 N–H and O–H groups in total. The Kier molecular flexibility index (Phi) is 8.50. The van der Waals surface area contributed by atoms with Crippen LogP contribution in [-0.2, 0) is 19.5 Å². The third kappa shape index (κ3) is 6.28. The number of sulfonamides is 1. The maximum atomic E-state index is 12.7. The van der Waals surface area contributed by atoms with E-state index >= 15 is 0 Å². The molecule has 1 heterocycles. The molecule has 1 aliphatic heterocycles. The van der Waals surface area contributed by atoms with Crippen LogP contribution in [-0.4, -0.2) is 45.2 Å². The largest absolute Gasteiger partial charge is 0.391 e. The maximum Gasteiger partial charge on any atom is 0.240 e. The number of aliphatic hydroxyl groups is 1. The van der Waals surface area contributed by atoms with E-state index in [0.717, 1.165) is 17.3 Å². The molecule has 148 valence electrons. The Morgan fingerprint density at radius 1 is 1.27 bits per heavy atom. The average Bonchev–Trinajstić information content (AvgIpc) is 2.65. The molecule has 26 heavy (non-hydrogen) atoms. The van der Waals surface area contributed by atoms with Crippen molar-refractivity contribution >= 4 is 26.0 Å². The van der Waals surface area contributed by atoms with Gasteiger partial charge in [0.1, 0.15) is 0 Å². The Labute approximate surface area is 164 Å². The van der Waals surface area contributed by atoms with Gasteiger partial charge in [-0.15, -0.1) is 0 Å². The normalized spacial score (nSPS) is 19.8. The van der Waals surface area contributed by atoms with Crippen molar-refractivity contribution in [1.29, 1.82) is 0 Å². The fraction of sp³-hybridized carbons (Fsp3) is 0.667. The van der Waals surface area contributed by atoms with Crippen molar-refractivity contribution in [3.05, 3.63) is 28.7 Å². The van der Waals surface area contributed by atoms with Gasteiger partial charge in [0.2, 0.25) is 10.0 Å². The molecule has 0 spiro atoms. The third-order valence-corrected chi connectivity index (χ3v) is 6.68. The number of hydrogen-bond acceptors (Lipinski definition) is 5. The van der Waals surface area contributed by atoms with E-state index in [-0.39, 0.29) is 17.1 Å². The number of nitrogens with one attached hydrogen (secondary N) is 1. The van der Waals surface area contributed by atoms with E-state index in [9.17, 15) is 13.5 Å². The van der Waals surface area contributed by atoms with Crippen LogP contribution in [0, 0.1) is 5.92 Å². The van der Waals surface area contributed by atoms with Crippen LogP contribution in [0.15, 0.2) is 33.6 Å².